The number of fused-ring (bicyclic) bond motifs is 2. The molecule has 6 aromatic rings. The van der Waals surface area contributed by atoms with Crippen molar-refractivity contribution in [2.75, 3.05) is 5.32 Å². The molecule has 0 amide bonds. The van der Waals surface area contributed by atoms with Crippen molar-refractivity contribution < 1.29 is 116 Å². The van der Waals surface area contributed by atoms with Crippen molar-refractivity contribution >= 4 is 97.1 Å². The fraction of sp³-hybridized carbons (Fsp3) is 0. The quantitative estimate of drug-likeness (QED) is 0.0405. The minimum absolute atomic E-state index is 0. The van der Waals surface area contributed by atoms with E-state index < -0.39 is 85.6 Å². The van der Waals surface area contributed by atoms with Gasteiger partial charge in [-0.15, -0.1) is 45.7 Å². The van der Waals surface area contributed by atoms with Crippen molar-refractivity contribution in [2.24, 2.45) is 20.5 Å². The van der Waals surface area contributed by atoms with Crippen LogP contribution in [-0.2, 0) is 75.6 Å². The van der Waals surface area contributed by atoms with Gasteiger partial charge in [0.25, 0.3) is 20.2 Å². The van der Waals surface area contributed by atoms with E-state index in [1.165, 1.54) is 42.5 Å². The van der Waals surface area contributed by atoms with E-state index in [4.69, 9.17) is 25.3 Å². The predicted molar refractivity (Wildman–Crippen MR) is 201 cm³/mol. The molecule has 0 saturated carbocycles. The Labute approximate surface area is 366 Å². The monoisotopic (exact) mass is 1020 g/mol. The first kappa shape index (κ1) is 50.9. The molecular weight excluding hydrogens is 998 g/mol. The number of phenols is 6. The topological polar surface area (TPSA) is 394 Å². The van der Waals surface area contributed by atoms with Gasteiger partial charge < -0.3 is 36.0 Å². The van der Waals surface area contributed by atoms with Crippen molar-refractivity contribution in [2.45, 2.75) is 9.79 Å². The van der Waals surface area contributed by atoms with E-state index in [9.17, 15) is 56.6 Å². The van der Waals surface area contributed by atoms with E-state index in [1.807, 2.05) is 0 Å². The molecule has 2 radical (unpaired) electrons. The molecule has 23 nitrogen and oxygen atoms in total. The predicted octanol–water partition coefficient (Wildman–Crippen LogP) is 5.28. The third kappa shape index (κ3) is 13.1. The second kappa shape index (κ2) is 20.8. The number of azo groups is 2. The van der Waals surface area contributed by atoms with Gasteiger partial charge in [0.05, 0.1) is 0 Å². The van der Waals surface area contributed by atoms with E-state index in [0.29, 0.717) is 34.3 Å². The fourth-order valence-electron chi connectivity index (χ4n) is 4.97. The molecule has 330 valence electrons. The molecule has 0 spiro atoms. The zero-order valence-corrected chi connectivity index (χ0v) is 34.4. The number of nitrogens with one attached hydrogen (secondary N) is 1. The van der Waals surface area contributed by atoms with Crippen LogP contribution >= 0.6 is 0 Å². The van der Waals surface area contributed by atoms with Gasteiger partial charge >= 0.3 is 21.2 Å². The normalized spacial score (nSPS) is 11.1. The number of aromatic hydroxyl groups is 6. The maximum atomic E-state index is 12.3. The van der Waals surface area contributed by atoms with Gasteiger partial charge in [-0.1, -0.05) is 12.1 Å². The van der Waals surface area contributed by atoms with Gasteiger partial charge in [0.1, 0.15) is 32.5 Å². The maximum absolute atomic E-state index is 12.3. The second-order valence-electron chi connectivity index (χ2n) is 11.2. The van der Waals surface area contributed by atoms with Gasteiger partial charge in [-0.3, -0.25) is 9.11 Å². The Morgan fingerprint density at radius 3 is 1.51 bits per heavy atom. The van der Waals surface area contributed by atoms with Crippen LogP contribution in [0.1, 0.15) is 0 Å². The average Bonchev–Trinajstić information content (AvgIpc) is 3.12. The molecule has 0 aromatic heterocycles. The van der Waals surface area contributed by atoms with Crippen LogP contribution in [0.2, 0.25) is 0 Å². The molecule has 61 heavy (non-hydrogen) atoms. The van der Waals surface area contributed by atoms with Crippen LogP contribution in [0.4, 0.5) is 34.1 Å². The molecule has 6 rings (SSSR count). The Kier molecular flexibility index (Phi) is 17.4. The number of hydrogen-bond acceptors (Lipinski definition) is 21. The fourth-order valence-corrected chi connectivity index (χ4v) is 6.14. The van der Waals surface area contributed by atoms with Crippen molar-refractivity contribution in [1.29, 1.82) is 0 Å². The Balaban J connectivity index is 0.00000118. The number of phenolic OH excluding ortho intramolecular Hbond substituents is 6. The molecule has 29 heteroatoms. The van der Waals surface area contributed by atoms with Gasteiger partial charge in [0, 0.05) is 62.4 Å². The van der Waals surface area contributed by atoms with Gasteiger partial charge in [-0.25, -0.2) is 0 Å². The summed E-state index contributed by atoms with van der Waals surface area (Å²) in [5.41, 5.74) is -0.488. The summed E-state index contributed by atoms with van der Waals surface area (Å²) in [5, 5.41) is 80.6. The Morgan fingerprint density at radius 1 is 0.475 bits per heavy atom. The number of anilines is 2. The van der Waals surface area contributed by atoms with E-state index in [0.717, 1.165) is 6.07 Å². The molecule has 0 atom stereocenters. The van der Waals surface area contributed by atoms with Crippen molar-refractivity contribution in [3.63, 3.8) is 0 Å². The molecule has 0 heterocycles. The van der Waals surface area contributed by atoms with Crippen LogP contribution < -0.4 is 5.32 Å². The first-order chi connectivity index (χ1) is 27.5. The van der Waals surface area contributed by atoms with E-state index >= 15 is 0 Å². The number of hydrogen-bond donors (Lipinski definition) is 9. The molecule has 0 saturated heterocycles. The number of benzene rings is 6. The van der Waals surface area contributed by atoms with Crippen LogP contribution in [0, 0.1) is 0 Å². The van der Waals surface area contributed by atoms with Gasteiger partial charge in [-0.2, -0.15) is 16.8 Å². The van der Waals surface area contributed by atoms with Crippen LogP contribution in [-0.4, -0.2) is 81.8 Å². The summed E-state index contributed by atoms with van der Waals surface area (Å²) in [6, 6.07) is 18.8. The Hall–Kier alpha value is -6.26. The van der Waals surface area contributed by atoms with Crippen LogP contribution in [0.15, 0.2) is 115 Å². The van der Waals surface area contributed by atoms with Crippen LogP contribution in [0.3, 0.4) is 0 Å². The van der Waals surface area contributed by atoms with Crippen molar-refractivity contribution in [1.82, 2.24) is 0 Å². The number of nitrogens with zero attached hydrogens (tertiary/aromatic N) is 4. The number of para-hydroxylation sites is 1. The molecule has 0 unspecified atom stereocenters. The molecule has 0 fully saturated rings. The summed E-state index contributed by atoms with van der Waals surface area (Å²) in [4.78, 5) is -1.77. The second-order valence-corrected chi connectivity index (χ2v) is 14.8. The smallest absolute Gasteiger partial charge is 0.425 e. The van der Waals surface area contributed by atoms with E-state index in [-0.39, 0.29) is 67.8 Å². The summed E-state index contributed by atoms with van der Waals surface area (Å²) in [6.07, 6.45) is 0. The molecule has 0 aliphatic carbocycles. The van der Waals surface area contributed by atoms with Gasteiger partial charge in [0.2, 0.25) is 0 Å². The van der Waals surface area contributed by atoms with Gasteiger partial charge in [0.15, 0.2) is 34.5 Å². The van der Waals surface area contributed by atoms with Gasteiger partial charge in [-0.05, 0) is 77.5 Å². The molecule has 0 bridgehead atoms. The minimum Gasteiger partial charge on any atom is -0.505 e. The molecule has 0 aliphatic heterocycles. The number of rotatable bonds is 8. The largest absolute Gasteiger partial charge is 0.505 e. The Bertz CT molecular complexity index is 3150. The van der Waals surface area contributed by atoms with Crippen molar-refractivity contribution in [3.8, 4) is 34.5 Å². The summed E-state index contributed by atoms with van der Waals surface area (Å²) < 4.78 is 118. The standard InChI is InChI=1S/C32H23N5O12S2.2Cu.2O3S/c38-25-3-1-2-22(31(25)42)34-35-23-9-4-15-10-17(5-7-20(15)29(23)40)33-18-6-8-21-16(11-18)12-27(51(47,48)49)28(30(21)41)37-36-24-13-19(50(44,45)46)14-26(39)32(24)43;;;2*1-4(2)3/h1-14,33,38-43H,(H,44,45,46)(H,47,48,49);;;;. The van der Waals surface area contributed by atoms with E-state index in [1.54, 1.807) is 24.3 Å². The SMILES string of the molecule is O=S(=O)(O)c1cc(O)c(O)c(N=Nc2c(S(=O)(=O)O)cc3cc(Nc4ccc5c(O)c(N=Nc6cccc(O)c6O)ccc5c4)ccc3c2O)c1.O=S(=O)=O.O=S(=O)=O.[Cu].[Cu]. The van der Waals surface area contributed by atoms with E-state index in [2.05, 4.69) is 25.8 Å². The zero-order valence-electron chi connectivity index (χ0n) is 29.3. The molecule has 9 N–H and O–H groups in total. The van der Waals surface area contributed by atoms with Crippen LogP contribution in [0.5, 0.6) is 34.5 Å². The summed E-state index contributed by atoms with van der Waals surface area (Å²) in [6.45, 7) is 0. The van der Waals surface area contributed by atoms with Crippen molar-refractivity contribution in [3.05, 3.63) is 84.9 Å². The average molecular weight is 1020 g/mol. The first-order valence-electron chi connectivity index (χ1n) is 15.2. The first-order valence-corrected chi connectivity index (χ1v) is 20.1. The molecule has 6 aromatic carbocycles. The zero-order chi connectivity index (χ0) is 44.0. The maximum Gasteiger partial charge on any atom is 0.425 e. The molecule has 0 aliphatic rings. The summed E-state index contributed by atoms with van der Waals surface area (Å²) in [7, 11) is -16.2. The Morgan fingerprint density at radius 2 is 0.967 bits per heavy atom. The summed E-state index contributed by atoms with van der Waals surface area (Å²) in [5.74, 6) is -3.79. The minimum atomic E-state index is -5.07. The van der Waals surface area contributed by atoms with Crippen LogP contribution in [0.25, 0.3) is 21.5 Å². The summed E-state index contributed by atoms with van der Waals surface area (Å²) >= 11 is 0. The third-order valence-electron chi connectivity index (χ3n) is 7.45. The molecular formula is C32H23Cu2N5O18S4. The third-order valence-corrected chi connectivity index (χ3v) is 9.14.